The summed E-state index contributed by atoms with van der Waals surface area (Å²) in [6, 6.07) is 0. The first-order chi connectivity index (χ1) is 6.68. The van der Waals surface area contributed by atoms with Gasteiger partial charge in [0, 0.05) is 26.9 Å². The van der Waals surface area contributed by atoms with Crippen molar-refractivity contribution in [3.8, 4) is 0 Å². The minimum Gasteiger partial charge on any atom is -0.377 e. The Balaban J connectivity index is 2.60. The Kier molecular flexibility index (Phi) is 4.53. The average Bonchev–Trinajstić information content (AvgIpc) is 2.24. The third-order valence-corrected chi connectivity index (χ3v) is 6.36. The third-order valence-electron chi connectivity index (χ3n) is 3.07. The molecule has 1 heterocycles. The molecule has 14 heavy (non-hydrogen) atoms. The van der Waals surface area contributed by atoms with E-state index >= 15 is 0 Å². The zero-order valence-electron chi connectivity index (χ0n) is 9.58. The molecule has 0 aromatic rings. The molecule has 0 atom stereocenters. The maximum atomic E-state index is 5.49. The number of hydrogen-bond donors (Lipinski definition) is 0. The van der Waals surface area contributed by atoms with Gasteiger partial charge >= 0.3 is 8.80 Å². The highest BCUT2D eigenvalue weighted by atomic mass is 28.4. The first-order valence-electron chi connectivity index (χ1n) is 5.02. The van der Waals surface area contributed by atoms with Gasteiger partial charge in [0.05, 0.1) is 0 Å². The monoisotopic (exact) mass is 219 g/mol. The van der Waals surface area contributed by atoms with Crippen LogP contribution in [0.1, 0.15) is 12.8 Å². The van der Waals surface area contributed by atoms with E-state index in [4.69, 9.17) is 13.3 Å². The second kappa shape index (κ2) is 5.23. The Morgan fingerprint density at radius 1 is 1.00 bits per heavy atom. The average molecular weight is 219 g/mol. The van der Waals surface area contributed by atoms with E-state index in [9.17, 15) is 0 Å². The molecule has 0 N–H and O–H groups in total. The Labute approximate surface area is 87.5 Å². The summed E-state index contributed by atoms with van der Waals surface area (Å²) < 4.78 is 16.5. The lowest BCUT2D eigenvalue weighted by molar-refractivity contribution is 0.0976. The van der Waals surface area contributed by atoms with Crippen LogP contribution in [-0.4, -0.2) is 55.2 Å². The summed E-state index contributed by atoms with van der Waals surface area (Å²) in [6.45, 7) is 2.21. The van der Waals surface area contributed by atoms with Crippen LogP contribution in [0.3, 0.4) is 0 Å². The standard InChI is InChI=1S/C9H21NO3Si/c1-10-7-5-9(6-8-10)14(11-2,12-3)13-4/h9H,5-8H2,1-4H3. The lowest BCUT2D eigenvalue weighted by atomic mass is 10.1. The molecule has 0 saturated carbocycles. The van der Waals surface area contributed by atoms with Gasteiger partial charge in [-0.15, -0.1) is 0 Å². The van der Waals surface area contributed by atoms with Crippen molar-refractivity contribution in [1.29, 1.82) is 0 Å². The van der Waals surface area contributed by atoms with Crippen molar-refractivity contribution in [3.05, 3.63) is 0 Å². The second-order valence-electron chi connectivity index (χ2n) is 3.79. The highest BCUT2D eigenvalue weighted by Gasteiger charge is 2.47. The SMILES string of the molecule is CO[Si](OC)(OC)C1CCN(C)CC1. The summed E-state index contributed by atoms with van der Waals surface area (Å²) in [5, 5.41) is 0. The maximum Gasteiger partial charge on any atom is 0.503 e. The Morgan fingerprint density at radius 2 is 1.43 bits per heavy atom. The molecule has 5 heteroatoms. The quantitative estimate of drug-likeness (QED) is 0.659. The van der Waals surface area contributed by atoms with Crippen molar-refractivity contribution < 1.29 is 13.3 Å². The highest BCUT2D eigenvalue weighted by Crippen LogP contribution is 2.33. The second-order valence-corrected chi connectivity index (χ2v) is 7.04. The van der Waals surface area contributed by atoms with E-state index in [-0.39, 0.29) is 0 Å². The first-order valence-corrected chi connectivity index (χ1v) is 6.82. The summed E-state index contributed by atoms with van der Waals surface area (Å²) in [7, 11) is 4.85. The molecule has 0 unspecified atom stereocenters. The van der Waals surface area contributed by atoms with Crippen LogP contribution in [-0.2, 0) is 13.3 Å². The predicted octanol–water partition coefficient (Wildman–Crippen LogP) is 0.960. The number of likely N-dealkylation sites (tertiary alicyclic amines) is 1. The van der Waals surface area contributed by atoms with Gasteiger partial charge in [-0.05, 0) is 33.0 Å². The molecule has 1 rings (SSSR count). The predicted molar refractivity (Wildman–Crippen MR) is 57.3 cm³/mol. The molecule has 0 radical (unpaired) electrons. The fraction of sp³-hybridized carbons (Fsp3) is 1.00. The molecule has 0 aromatic carbocycles. The fourth-order valence-electron chi connectivity index (χ4n) is 2.11. The summed E-state index contributed by atoms with van der Waals surface area (Å²) in [6.07, 6.45) is 2.22. The van der Waals surface area contributed by atoms with Gasteiger partial charge in [-0.2, -0.15) is 0 Å². The highest BCUT2D eigenvalue weighted by molar-refractivity contribution is 6.62. The zero-order valence-corrected chi connectivity index (χ0v) is 10.6. The van der Waals surface area contributed by atoms with Crippen molar-refractivity contribution in [1.82, 2.24) is 4.90 Å². The van der Waals surface area contributed by atoms with Gasteiger partial charge in [-0.25, -0.2) is 0 Å². The molecule has 1 aliphatic heterocycles. The van der Waals surface area contributed by atoms with E-state index in [0.717, 1.165) is 25.9 Å². The lowest BCUT2D eigenvalue weighted by Crippen LogP contribution is -2.50. The lowest BCUT2D eigenvalue weighted by Gasteiger charge is -2.37. The number of piperidine rings is 1. The van der Waals surface area contributed by atoms with Crippen molar-refractivity contribution >= 4 is 8.80 Å². The Hall–Kier alpha value is 0.0569. The molecular weight excluding hydrogens is 198 g/mol. The van der Waals surface area contributed by atoms with Crippen molar-refractivity contribution in [2.45, 2.75) is 18.4 Å². The van der Waals surface area contributed by atoms with Crippen molar-refractivity contribution in [2.24, 2.45) is 0 Å². The fourth-order valence-corrected chi connectivity index (χ4v) is 4.58. The van der Waals surface area contributed by atoms with Gasteiger partial charge in [-0.1, -0.05) is 0 Å². The molecule has 1 aliphatic rings. The van der Waals surface area contributed by atoms with E-state index in [1.165, 1.54) is 0 Å². The molecule has 1 fully saturated rings. The van der Waals surface area contributed by atoms with Crippen molar-refractivity contribution in [2.75, 3.05) is 41.5 Å². The largest absolute Gasteiger partial charge is 0.503 e. The zero-order chi connectivity index (χ0) is 10.6. The van der Waals surface area contributed by atoms with Crippen LogP contribution in [0.2, 0.25) is 5.54 Å². The van der Waals surface area contributed by atoms with Crippen LogP contribution in [0.5, 0.6) is 0 Å². The minimum atomic E-state index is -2.37. The summed E-state index contributed by atoms with van der Waals surface area (Å²) in [5.41, 5.74) is 0.457. The van der Waals surface area contributed by atoms with Crippen LogP contribution < -0.4 is 0 Å². The summed E-state index contributed by atoms with van der Waals surface area (Å²) in [4.78, 5) is 2.33. The van der Waals surface area contributed by atoms with Gasteiger partial charge in [0.1, 0.15) is 0 Å². The maximum absolute atomic E-state index is 5.49. The number of nitrogens with zero attached hydrogens (tertiary/aromatic N) is 1. The van der Waals surface area contributed by atoms with Crippen LogP contribution in [0.25, 0.3) is 0 Å². The first kappa shape index (κ1) is 12.1. The normalized spacial score (nSPS) is 21.4. The minimum absolute atomic E-state index is 0.457. The van der Waals surface area contributed by atoms with Gasteiger partial charge in [-0.3, -0.25) is 0 Å². The van der Waals surface area contributed by atoms with Crippen LogP contribution in [0.4, 0.5) is 0 Å². The molecule has 0 spiro atoms. The molecule has 4 nitrogen and oxygen atoms in total. The summed E-state index contributed by atoms with van der Waals surface area (Å²) >= 11 is 0. The third kappa shape index (κ3) is 2.35. The molecule has 0 amide bonds. The van der Waals surface area contributed by atoms with Gasteiger partial charge in [0.25, 0.3) is 0 Å². The Morgan fingerprint density at radius 3 is 1.79 bits per heavy atom. The van der Waals surface area contributed by atoms with Gasteiger partial charge < -0.3 is 18.2 Å². The smallest absolute Gasteiger partial charge is 0.377 e. The summed E-state index contributed by atoms with van der Waals surface area (Å²) in [5.74, 6) is 0. The van der Waals surface area contributed by atoms with Crippen LogP contribution in [0.15, 0.2) is 0 Å². The molecule has 0 aliphatic carbocycles. The van der Waals surface area contributed by atoms with E-state index in [1.54, 1.807) is 21.3 Å². The van der Waals surface area contributed by atoms with Crippen molar-refractivity contribution in [3.63, 3.8) is 0 Å². The van der Waals surface area contributed by atoms with E-state index < -0.39 is 8.80 Å². The number of rotatable bonds is 4. The molecule has 0 aromatic heterocycles. The molecule has 1 saturated heterocycles. The van der Waals surface area contributed by atoms with Gasteiger partial charge in [0.2, 0.25) is 0 Å². The van der Waals surface area contributed by atoms with E-state index in [0.29, 0.717) is 5.54 Å². The molecule has 0 bridgehead atoms. The molecular formula is C9H21NO3Si. The Bertz CT molecular complexity index is 159. The van der Waals surface area contributed by atoms with Gasteiger partial charge in [0.15, 0.2) is 0 Å². The van der Waals surface area contributed by atoms with E-state index in [1.807, 2.05) is 0 Å². The van der Waals surface area contributed by atoms with E-state index in [2.05, 4.69) is 11.9 Å². The molecule has 84 valence electrons. The topological polar surface area (TPSA) is 30.9 Å². The van der Waals surface area contributed by atoms with Crippen LogP contribution in [0, 0.1) is 0 Å². The number of hydrogen-bond acceptors (Lipinski definition) is 4. The van der Waals surface area contributed by atoms with Crippen LogP contribution >= 0.6 is 0 Å².